The van der Waals surface area contributed by atoms with Crippen molar-refractivity contribution in [1.82, 2.24) is 5.32 Å². The maximum Gasteiger partial charge on any atom is 1.00 e. The molecule has 47 heavy (non-hydrogen) atoms. The molecule has 1 N–H and O–H groups in total. The number of methoxy groups -OCH3 is 2. The van der Waals surface area contributed by atoms with Gasteiger partial charge in [0.25, 0.3) is 0 Å². The van der Waals surface area contributed by atoms with Crippen LogP contribution in [0, 0.1) is 18.4 Å². The van der Waals surface area contributed by atoms with Crippen molar-refractivity contribution in [1.29, 1.82) is 0 Å². The van der Waals surface area contributed by atoms with Crippen LogP contribution in [0.5, 0.6) is 0 Å². The van der Waals surface area contributed by atoms with E-state index in [1.807, 2.05) is 6.92 Å². The molecule has 0 aliphatic carbocycles. The Morgan fingerprint density at radius 3 is 1.98 bits per heavy atom. The molecule has 0 radical (unpaired) electrons. The minimum Gasteiger partial charge on any atom is -0.748 e. The van der Waals surface area contributed by atoms with E-state index in [-0.39, 0.29) is 75.2 Å². The van der Waals surface area contributed by atoms with Gasteiger partial charge in [-0.2, -0.15) is 0 Å². The third-order valence-electron chi connectivity index (χ3n) is 7.07. The Bertz CT molecular complexity index is 1310. The van der Waals surface area contributed by atoms with E-state index in [1.54, 1.807) is 37.3 Å². The molecule has 12 nitrogen and oxygen atoms in total. The average molecular weight is 725 g/mol. The third-order valence-corrected chi connectivity index (χ3v) is 9.81. The van der Waals surface area contributed by atoms with Crippen LogP contribution < -0.4 is 34.9 Å². The minimum absolute atomic E-state index is 0. The van der Waals surface area contributed by atoms with Gasteiger partial charge in [0.05, 0.1) is 50.4 Å². The van der Waals surface area contributed by atoms with Crippen molar-refractivity contribution in [3.8, 4) is 0 Å². The molecule has 0 heterocycles. The Balaban J connectivity index is 0.0000212. The average Bonchev–Trinajstić information content (AvgIpc) is 2.98. The van der Waals surface area contributed by atoms with E-state index in [1.165, 1.54) is 28.1 Å². The molecule has 0 aromatic heterocycles. The van der Waals surface area contributed by atoms with Gasteiger partial charge in [-0.3, -0.25) is 14.4 Å². The molecule has 0 aliphatic rings. The van der Waals surface area contributed by atoms with Crippen molar-refractivity contribution in [2.24, 2.45) is 11.8 Å². The second kappa shape index (κ2) is 22.2. The normalized spacial score (nSPS) is 14.7. The summed E-state index contributed by atoms with van der Waals surface area (Å²) in [4.78, 5) is 44.3. The standard InChI is InChI=1S/C31H46N2O10S3.Na/c1-8-31(4,32-5)20-24(28(36)43-17-15-41-7)18-23(27(35)42-16-14-40-6)19-25(45-29(44)22-12-10-9-11-13-22)26(34)33-30(2,3)21-46(37,38)39;/h9-13,23-25H,8,14-21H2,1-4,6-7H3,(H,33,34)(H,37,38,39);/q;+1/p-1. The Morgan fingerprint density at radius 1 is 0.979 bits per heavy atom. The number of hydrogen-bond donors (Lipinski definition) is 1. The Labute approximate surface area is 310 Å². The molecule has 4 atom stereocenters. The summed E-state index contributed by atoms with van der Waals surface area (Å²) in [6, 6.07) is 8.88. The van der Waals surface area contributed by atoms with Crippen LogP contribution in [0.1, 0.15) is 58.9 Å². The van der Waals surface area contributed by atoms with Crippen molar-refractivity contribution in [3.05, 3.63) is 47.3 Å². The first-order valence-corrected chi connectivity index (χ1v) is 17.6. The van der Waals surface area contributed by atoms with E-state index >= 15 is 0 Å². The number of amides is 1. The second-order valence-electron chi connectivity index (χ2n) is 11.7. The van der Waals surface area contributed by atoms with Gasteiger partial charge in [-0.1, -0.05) is 49.5 Å². The zero-order chi connectivity index (χ0) is 35.0. The zero-order valence-electron chi connectivity index (χ0n) is 28.2. The first-order chi connectivity index (χ1) is 21.5. The largest absolute Gasteiger partial charge is 1.00 e. The monoisotopic (exact) mass is 724 g/mol. The number of carbonyl (C=O) groups excluding carboxylic acids is 3. The number of rotatable bonds is 21. The van der Waals surface area contributed by atoms with E-state index in [0.717, 1.165) is 11.8 Å². The molecule has 0 bridgehead atoms. The van der Waals surface area contributed by atoms with Crippen LogP contribution in [0.15, 0.2) is 30.3 Å². The molecule has 0 spiro atoms. The number of thiocarbonyl (C=S) groups is 1. The summed E-state index contributed by atoms with van der Waals surface area (Å²) in [7, 11) is -1.79. The van der Waals surface area contributed by atoms with Gasteiger partial charge in [-0.05, 0) is 32.3 Å². The van der Waals surface area contributed by atoms with Gasteiger partial charge in [0.15, 0.2) is 0 Å². The summed E-state index contributed by atoms with van der Waals surface area (Å²) < 4.78 is 55.7. The fourth-order valence-electron chi connectivity index (χ4n) is 4.51. The van der Waals surface area contributed by atoms with Gasteiger partial charge in [0.2, 0.25) is 11.4 Å². The van der Waals surface area contributed by atoms with Crippen molar-refractivity contribution in [3.63, 3.8) is 0 Å². The minimum atomic E-state index is -4.69. The van der Waals surface area contributed by atoms with Crippen LogP contribution in [-0.2, 0) is 43.4 Å². The molecule has 16 heteroatoms. The fraction of sp³-hybridized carbons (Fsp3) is 0.645. The number of hydrogen-bond acceptors (Lipinski definition) is 12. The van der Waals surface area contributed by atoms with Crippen molar-refractivity contribution in [2.45, 2.75) is 69.7 Å². The molecule has 0 saturated heterocycles. The van der Waals surface area contributed by atoms with Gasteiger partial charge < -0.3 is 33.7 Å². The predicted octanol–water partition coefficient (Wildman–Crippen LogP) is 0.778. The van der Waals surface area contributed by atoms with Crippen LogP contribution in [-0.4, -0.2) is 97.7 Å². The van der Waals surface area contributed by atoms with E-state index in [4.69, 9.17) is 37.7 Å². The Morgan fingerprint density at radius 2 is 1.51 bits per heavy atom. The smallest absolute Gasteiger partial charge is 0.748 e. The molecule has 0 aliphatic heterocycles. The maximum atomic E-state index is 13.7. The molecular weight excluding hydrogens is 680 g/mol. The molecule has 0 saturated carbocycles. The van der Waals surface area contributed by atoms with Crippen LogP contribution in [0.4, 0.5) is 0 Å². The van der Waals surface area contributed by atoms with Gasteiger partial charge in [0.1, 0.15) is 13.2 Å². The van der Waals surface area contributed by atoms with Gasteiger partial charge in [-0.15, -0.1) is 11.8 Å². The SMILES string of the molecule is [C-]#[N+]C(C)(CC)CC(CC(CC(SC(=S)c1ccccc1)C(=O)NC(C)(C)CS(=O)(=O)[O-])C(=O)OCCOC)C(=O)OCCOC.[Na+]. The summed E-state index contributed by atoms with van der Waals surface area (Å²) in [6.45, 7) is 14.2. The predicted molar refractivity (Wildman–Crippen MR) is 178 cm³/mol. The van der Waals surface area contributed by atoms with E-state index in [9.17, 15) is 27.4 Å². The van der Waals surface area contributed by atoms with Crippen molar-refractivity contribution >= 4 is 56.1 Å². The molecule has 1 rings (SSSR count). The summed E-state index contributed by atoms with van der Waals surface area (Å²) >= 11 is 6.62. The van der Waals surface area contributed by atoms with Gasteiger partial charge >= 0.3 is 41.5 Å². The molecule has 4 unspecified atom stereocenters. The topological polar surface area (TPSA) is 162 Å². The van der Waals surface area contributed by atoms with Crippen LogP contribution >= 0.6 is 24.0 Å². The van der Waals surface area contributed by atoms with Crippen LogP contribution in [0.3, 0.4) is 0 Å². The van der Waals surface area contributed by atoms with E-state index < -0.39 is 61.9 Å². The maximum absolute atomic E-state index is 13.7. The van der Waals surface area contributed by atoms with Crippen LogP contribution in [0.2, 0.25) is 0 Å². The number of esters is 2. The zero-order valence-corrected chi connectivity index (χ0v) is 32.7. The molecular formula is C31H45N2NaO10S3. The number of carbonyl (C=O) groups is 3. The third kappa shape index (κ3) is 18.1. The summed E-state index contributed by atoms with van der Waals surface area (Å²) in [5, 5.41) is 1.55. The Hall–Kier alpha value is -1.61. The number of nitrogens with one attached hydrogen (secondary N) is 1. The van der Waals surface area contributed by atoms with E-state index in [2.05, 4.69) is 10.2 Å². The molecule has 0 fully saturated rings. The molecule has 1 amide bonds. The number of benzene rings is 1. The molecule has 1 aromatic rings. The summed E-state index contributed by atoms with van der Waals surface area (Å²) in [5.74, 6) is -4.80. The van der Waals surface area contributed by atoms with Gasteiger partial charge in [0, 0.05) is 39.5 Å². The fourth-order valence-corrected chi connectivity index (χ4v) is 6.98. The van der Waals surface area contributed by atoms with Crippen LogP contribution in [0.25, 0.3) is 4.85 Å². The number of ether oxygens (including phenoxy) is 4. The summed E-state index contributed by atoms with van der Waals surface area (Å²) in [6.07, 6.45) is 0.244. The summed E-state index contributed by atoms with van der Waals surface area (Å²) in [5.41, 5.74) is -1.72. The number of thioether (sulfide) groups is 1. The Kier molecular flexibility index (Phi) is 21.4. The quantitative estimate of drug-likeness (QED) is 0.0475. The first-order valence-electron chi connectivity index (χ1n) is 14.7. The van der Waals surface area contributed by atoms with Crippen molar-refractivity contribution < 1.29 is 75.9 Å². The van der Waals surface area contributed by atoms with Crippen molar-refractivity contribution in [2.75, 3.05) is 46.4 Å². The van der Waals surface area contributed by atoms with Gasteiger partial charge in [-0.25, -0.2) is 15.0 Å². The molecule has 1 aromatic carbocycles. The van der Waals surface area contributed by atoms with E-state index in [0.29, 0.717) is 16.2 Å². The number of nitrogens with zero attached hydrogens (tertiary/aromatic N) is 1. The first kappa shape index (κ1) is 45.4. The molecule has 258 valence electrons. The second-order valence-corrected chi connectivity index (χ2v) is 15.0.